The average molecular weight is 308 g/mol. The van der Waals surface area contributed by atoms with E-state index in [1.54, 1.807) is 0 Å². The second kappa shape index (κ2) is 5.75. The maximum absolute atomic E-state index is 5.84. The normalized spacial score (nSPS) is 26.8. The summed E-state index contributed by atoms with van der Waals surface area (Å²) < 4.78 is 11.3. The molecule has 6 heteroatoms. The summed E-state index contributed by atoms with van der Waals surface area (Å²) >= 11 is 0. The Morgan fingerprint density at radius 1 is 1.19 bits per heavy atom. The standard InChI is InChI=1S/C15H17N3O2.ClH/c16-8-9-1-3-10(4-2-9)14-17-15(20-18-14)12-7-11-5-6-13(12)19-11;/h1-4,11-13H,5-8,16H2;1H. The molecule has 2 aromatic rings. The van der Waals surface area contributed by atoms with Crippen molar-refractivity contribution in [3.8, 4) is 11.4 Å². The summed E-state index contributed by atoms with van der Waals surface area (Å²) in [4.78, 5) is 4.55. The first-order valence-corrected chi connectivity index (χ1v) is 7.12. The fraction of sp³-hybridized carbons (Fsp3) is 0.467. The van der Waals surface area contributed by atoms with E-state index in [0.29, 0.717) is 18.5 Å². The lowest BCUT2D eigenvalue weighted by Gasteiger charge is -2.13. The lowest BCUT2D eigenvalue weighted by atomic mass is 9.89. The number of rotatable bonds is 3. The van der Waals surface area contributed by atoms with E-state index in [2.05, 4.69) is 10.1 Å². The predicted molar refractivity (Wildman–Crippen MR) is 80.1 cm³/mol. The van der Waals surface area contributed by atoms with Gasteiger partial charge in [0.15, 0.2) is 0 Å². The van der Waals surface area contributed by atoms with Crippen molar-refractivity contribution in [1.29, 1.82) is 0 Å². The molecule has 21 heavy (non-hydrogen) atoms. The molecule has 0 aliphatic carbocycles. The Morgan fingerprint density at radius 2 is 2.00 bits per heavy atom. The summed E-state index contributed by atoms with van der Waals surface area (Å²) in [5, 5.41) is 4.10. The zero-order valence-electron chi connectivity index (χ0n) is 11.6. The summed E-state index contributed by atoms with van der Waals surface area (Å²) in [5.74, 6) is 1.64. The van der Waals surface area contributed by atoms with E-state index in [1.165, 1.54) is 6.42 Å². The topological polar surface area (TPSA) is 74.2 Å². The van der Waals surface area contributed by atoms with E-state index in [1.807, 2.05) is 24.3 Å². The van der Waals surface area contributed by atoms with Crippen LogP contribution in [0.5, 0.6) is 0 Å². The zero-order valence-corrected chi connectivity index (χ0v) is 12.4. The van der Waals surface area contributed by atoms with Crippen molar-refractivity contribution in [1.82, 2.24) is 10.1 Å². The van der Waals surface area contributed by atoms with Gasteiger partial charge in [-0.25, -0.2) is 0 Å². The van der Waals surface area contributed by atoms with Crippen LogP contribution >= 0.6 is 12.4 Å². The molecule has 3 unspecified atom stereocenters. The number of aromatic nitrogens is 2. The molecule has 0 spiro atoms. The maximum atomic E-state index is 5.84. The molecule has 0 amide bonds. The molecule has 3 atom stereocenters. The molecule has 2 N–H and O–H groups in total. The smallest absolute Gasteiger partial charge is 0.232 e. The Bertz CT molecular complexity index is 614. The van der Waals surface area contributed by atoms with E-state index < -0.39 is 0 Å². The molecular formula is C15H18ClN3O2. The average Bonchev–Trinajstić information content (AvgIpc) is 3.23. The maximum Gasteiger partial charge on any atom is 0.232 e. The Labute approximate surface area is 129 Å². The Hall–Kier alpha value is -1.43. The summed E-state index contributed by atoms with van der Waals surface area (Å²) in [7, 11) is 0. The molecule has 2 fully saturated rings. The third-order valence-electron chi connectivity index (χ3n) is 4.31. The summed E-state index contributed by atoms with van der Waals surface area (Å²) in [6.45, 7) is 0.542. The summed E-state index contributed by atoms with van der Waals surface area (Å²) in [6, 6.07) is 7.94. The van der Waals surface area contributed by atoms with Gasteiger partial charge in [0.25, 0.3) is 0 Å². The molecule has 2 bridgehead atoms. The van der Waals surface area contributed by atoms with Crippen molar-refractivity contribution >= 4 is 12.4 Å². The van der Waals surface area contributed by atoms with Gasteiger partial charge < -0.3 is 15.0 Å². The number of nitrogens with zero attached hydrogens (tertiary/aromatic N) is 2. The van der Waals surface area contributed by atoms with E-state index in [-0.39, 0.29) is 24.4 Å². The quantitative estimate of drug-likeness (QED) is 0.943. The van der Waals surface area contributed by atoms with Gasteiger partial charge in [0.2, 0.25) is 11.7 Å². The minimum Gasteiger partial charge on any atom is -0.374 e. The number of hydrogen-bond acceptors (Lipinski definition) is 5. The molecule has 1 aromatic heterocycles. The lowest BCUT2D eigenvalue weighted by Crippen LogP contribution is -2.14. The highest BCUT2D eigenvalue weighted by molar-refractivity contribution is 5.85. The Morgan fingerprint density at radius 3 is 2.62 bits per heavy atom. The van der Waals surface area contributed by atoms with E-state index >= 15 is 0 Å². The lowest BCUT2D eigenvalue weighted by molar-refractivity contribution is 0.0974. The third kappa shape index (κ3) is 2.57. The molecule has 112 valence electrons. The molecule has 4 rings (SSSR count). The van der Waals surface area contributed by atoms with Crippen LogP contribution in [0.2, 0.25) is 0 Å². The minimum atomic E-state index is 0. The van der Waals surface area contributed by atoms with Crippen LogP contribution in [0.3, 0.4) is 0 Å². The molecule has 0 saturated carbocycles. The van der Waals surface area contributed by atoms with Crippen LogP contribution < -0.4 is 5.73 Å². The van der Waals surface area contributed by atoms with Gasteiger partial charge in [-0.2, -0.15) is 4.98 Å². The van der Waals surface area contributed by atoms with Crippen LogP contribution in [-0.4, -0.2) is 22.3 Å². The molecule has 3 heterocycles. The number of halogens is 1. The van der Waals surface area contributed by atoms with Crippen LogP contribution in [-0.2, 0) is 11.3 Å². The highest BCUT2D eigenvalue weighted by atomic mass is 35.5. The molecule has 2 aliphatic rings. The van der Waals surface area contributed by atoms with Gasteiger partial charge in [-0.1, -0.05) is 29.4 Å². The molecule has 1 aromatic carbocycles. The number of hydrogen-bond donors (Lipinski definition) is 1. The first kappa shape index (κ1) is 14.5. The largest absolute Gasteiger partial charge is 0.374 e. The van der Waals surface area contributed by atoms with Crippen LogP contribution in [0.25, 0.3) is 11.4 Å². The van der Waals surface area contributed by atoms with Gasteiger partial charge in [0.05, 0.1) is 18.1 Å². The van der Waals surface area contributed by atoms with Crippen LogP contribution in [0.4, 0.5) is 0 Å². The van der Waals surface area contributed by atoms with Crippen LogP contribution in [0, 0.1) is 0 Å². The Balaban J connectivity index is 0.00000132. The summed E-state index contributed by atoms with van der Waals surface area (Å²) in [6.07, 6.45) is 3.96. The van der Waals surface area contributed by atoms with Crippen molar-refractivity contribution in [2.24, 2.45) is 5.73 Å². The molecular weight excluding hydrogens is 290 g/mol. The van der Waals surface area contributed by atoms with Crippen molar-refractivity contribution in [2.75, 3.05) is 0 Å². The Kier molecular flexibility index (Phi) is 3.97. The monoisotopic (exact) mass is 307 g/mol. The van der Waals surface area contributed by atoms with E-state index in [9.17, 15) is 0 Å². The fourth-order valence-corrected chi connectivity index (χ4v) is 3.19. The number of benzene rings is 1. The van der Waals surface area contributed by atoms with Gasteiger partial charge in [-0.15, -0.1) is 12.4 Å². The highest BCUT2D eigenvalue weighted by Gasteiger charge is 2.44. The van der Waals surface area contributed by atoms with Gasteiger partial charge in [-0.3, -0.25) is 0 Å². The van der Waals surface area contributed by atoms with Gasteiger partial charge in [0.1, 0.15) is 0 Å². The van der Waals surface area contributed by atoms with Gasteiger partial charge >= 0.3 is 0 Å². The molecule has 0 radical (unpaired) electrons. The van der Waals surface area contributed by atoms with Gasteiger partial charge in [0, 0.05) is 12.1 Å². The summed E-state index contributed by atoms with van der Waals surface area (Å²) in [5.41, 5.74) is 7.65. The molecule has 2 aliphatic heterocycles. The highest BCUT2D eigenvalue weighted by Crippen LogP contribution is 2.44. The first-order valence-electron chi connectivity index (χ1n) is 7.12. The molecule has 5 nitrogen and oxygen atoms in total. The van der Waals surface area contributed by atoms with Crippen molar-refractivity contribution in [3.05, 3.63) is 35.7 Å². The second-order valence-electron chi connectivity index (χ2n) is 5.57. The zero-order chi connectivity index (χ0) is 13.5. The predicted octanol–water partition coefficient (Wildman–Crippen LogP) is 2.65. The number of fused-ring (bicyclic) bond motifs is 2. The second-order valence-corrected chi connectivity index (χ2v) is 5.57. The first-order chi connectivity index (χ1) is 9.83. The van der Waals surface area contributed by atoms with E-state index in [0.717, 1.165) is 29.9 Å². The fourth-order valence-electron chi connectivity index (χ4n) is 3.19. The van der Waals surface area contributed by atoms with Crippen molar-refractivity contribution in [2.45, 2.75) is 43.9 Å². The van der Waals surface area contributed by atoms with E-state index in [4.69, 9.17) is 15.0 Å². The van der Waals surface area contributed by atoms with Crippen LogP contribution in [0.1, 0.15) is 36.6 Å². The third-order valence-corrected chi connectivity index (χ3v) is 4.31. The number of nitrogens with two attached hydrogens (primary N) is 1. The van der Waals surface area contributed by atoms with Gasteiger partial charge in [-0.05, 0) is 24.8 Å². The van der Waals surface area contributed by atoms with Crippen LogP contribution in [0.15, 0.2) is 28.8 Å². The van der Waals surface area contributed by atoms with Crippen molar-refractivity contribution < 1.29 is 9.26 Å². The SMILES string of the molecule is Cl.NCc1ccc(-c2noc(C3CC4CCC3O4)n2)cc1. The van der Waals surface area contributed by atoms with Crippen molar-refractivity contribution in [3.63, 3.8) is 0 Å². The number of ether oxygens (including phenoxy) is 1. The minimum absolute atomic E-state index is 0. The molecule has 2 saturated heterocycles.